The highest BCUT2D eigenvalue weighted by Gasteiger charge is 2.10. The number of carbonyl (C=O) groups excluding carboxylic acids is 1. The van der Waals surface area contributed by atoms with E-state index < -0.39 is 5.97 Å². The van der Waals surface area contributed by atoms with Gasteiger partial charge in [0.15, 0.2) is 0 Å². The van der Waals surface area contributed by atoms with Gasteiger partial charge in [-0.1, -0.05) is 12.2 Å². The Morgan fingerprint density at radius 1 is 1.54 bits per heavy atom. The number of rotatable bonds is 3. The summed E-state index contributed by atoms with van der Waals surface area (Å²) in [5, 5.41) is 8.58. The maximum atomic E-state index is 11.1. The van der Waals surface area contributed by atoms with Gasteiger partial charge in [-0.3, -0.25) is 0 Å². The predicted molar refractivity (Wildman–Crippen MR) is 49.7 cm³/mol. The van der Waals surface area contributed by atoms with Gasteiger partial charge in [0.2, 0.25) is 0 Å². The highest BCUT2D eigenvalue weighted by atomic mass is 16.5. The van der Waals surface area contributed by atoms with Gasteiger partial charge in [0.25, 0.3) is 0 Å². The summed E-state index contributed by atoms with van der Waals surface area (Å²) < 4.78 is 4.84. The van der Waals surface area contributed by atoms with Gasteiger partial charge in [0.1, 0.15) is 11.6 Å². The Morgan fingerprint density at radius 2 is 2.15 bits per heavy atom. The minimum atomic E-state index is -0.574. The van der Waals surface area contributed by atoms with Crippen LogP contribution in [0.4, 0.5) is 0 Å². The summed E-state index contributed by atoms with van der Waals surface area (Å²) in [6.45, 7) is 5.28. The van der Waals surface area contributed by atoms with Crippen LogP contribution < -0.4 is 0 Å². The van der Waals surface area contributed by atoms with Crippen molar-refractivity contribution in [2.24, 2.45) is 0 Å². The molecule has 0 aromatic heterocycles. The number of allylic oxidation sites excluding steroid dienone is 3. The Balaban J connectivity index is 4.44. The SMILES string of the molecule is C/C=C/C=C(\C#N)C(=O)OC(C)C. The lowest BCUT2D eigenvalue weighted by atomic mass is 10.2. The number of esters is 1. The molecule has 0 rings (SSSR count). The van der Waals surface area contributed by atoms with Crippen molar-refractivity contribution in [3.8, 4) is 6.07 Å². The van der Waals surface area contributed by atoms with Crippen LogP contribution in [0.3, 0.4) is 0 Å². The van der Waals surface area contributed by atoms with Crippen LogP contribution in [0.5, 0.6) is 0 Å². The second-order valence-corrected chi connectivity index (χ2v) is 2.67. The zero-order valence-corrected chi connectivity index (χ0v) is 8.07. The zero-order valence-electron chi connectivity index (χ0n) is 8.07. The van der Waals surface area contributed by atoms with Crippen molar-refractivity contribution in [3.63, 3.8) is 0 Å². The van der Waals surface area contributed by atoms with Crippen molar-refractivity contribution in [3.05, 3.63) is 23.8 Å². The molecule has 70 valence electrons. The number of carbonyl (C=O) groups is 1. The molecular weight excluding hydrogens is 166 g/mol. The number of nitrogens with zero attached hydrogens (tertiary/aromatic N) is 1. The second-order valence-electron chi connectivity index (χ2n) is 2.67. The monoisotopic (exact) mass is 179 g/mol. The van der Waals surface area contributed by atoms with Gasteiger partial charge < -0.3 is 4.74 Å². The summed E-state index contributed by atoms with van der Waals surface area (Å²) in [5.74, 6) is -0.574. The van der Waals surface area contributed by atoms with Crippen LogP contribution in [0.15, 0.2) is 23.8 Å². The minimum Gasteiger partial charge on any atom is -0.459 e. The maximum absolute atomic E-state index is 11.1. The third kappa shape index (κ3) is 4.81. The molecule has 0 radical (unpaired) electrons. The molecule has 3 heteroatoms. The van der Waals surface area contributed by atoms with Crippen molar-refractivity contribution >= 4 is 5.97 Å². The smallest absolute Gasteiger partial charge is 0.349 e. The fraction of sp³-hybridized carbons (Fsp3) is 0.400. The molecule has 0 fully saturated rings. The van der Waals surface area contributed by atoms with E-state index in [0.29, 0.717) is 0 Å². The molecular formula is C10H13NO2. The van der Waals surface area contributed by atoms with Gasteiger partial charge in [0.05, 0.1) is 6.10 Å². The van der Waals surface area contributed by atoms with Gasteiger partial charge in [-0.2, -0.15) is 5.26 Å². The quantitative estimate of drug-likeness (QED) is 0.288. The normalized spacial score (nSPS) is 11.8. The molecule has 3 nitrogen and oxygen atoms in total. The molecule has 0 aliphatic heterocycles. The number of nitriles is 1. The fourth-order valence-electron chi connectivity index (χ4n) is 0.621. The highest BCUT2D eigenvalue weighted by molar-refractivity contribution is 5.93. The fourth-order valence-corrected chi connectivity index (χ4v) is 0.621. The van der Waals surface area contributed by atoms with E-state index in [0.717, 1.165) is 0 Å². The molecule has 0 aliphatic carbocycles. The Bertz CT molecular complexity index is 269. The van der Waals surface area contributed by atoms with Gasteiger partial charge in [0, 0.05) is 0 Å². The zero-order chi connectivity index (χ0) is 10.3. The summed E-state index contributed by atoms with van der Waals surface area (Å²) in [6.07, 6.45) is 4.60. The molecule has 0 aliphatic rings. The van der Waals surface area contributed by atoms with Gasteiger partial charge in [-0.25, -0.2) is 4.79 Å². The molecule has 0 amide bonds. The molecule has 0 heterocycles. The molecule has 0 bridgehead atoms. The number of hydrogen-bond donors (Lipinski definition) is 0. The summed E-state index contributed by atoms with van der Waals surface area (Å²) in [7, 11) is 0. The van der Waals surface area contributed by atoms with E-state index in [-0.39, 0.29) is 11.7 Å². The standard InChI is InChI=1S/C10H13NO2/c1-4-5-6-9(7-11)10(12)13-8(2)3/h4-6,8H,1-3H3/b5-4+,9-6+. The van der Waals surface area contributed by atoms with E-state index in [9.17, 15) is 4.79 Å². The maximum Gasteiger partial charge on any atom is 0.349 e. The van der Waals surface area contributed by atoms with E-state index >= 15 is 0 Å². The van der Waals surface area contributed by atoms with Crippen molar-refractivity contribution in [1.29, 1.82) is 5.26 Å². The first kappa shape index (κ1) is 11.4. The molecule has 0 aromatic rings. The molecule has 0 spiro atoms. The van der Waals surface area contributed by atoms with Gasteiger partial charge in [-0.05, 0) is 26.8 Å². The summed E-state index contributed by atoms with van der Waals surface area (Å²) >= 11 is 0. The lowest BCUT2D eigenvalue weighted by Crippen LogP contribution is -2.12. The Labute approximate surface area is 78.3 Å². The third-order valence-corrected chi connectivity index (χ3v) is 1.14. The topological polar surface area (TPSA) is 50.1 Å². The van der Waals surface area contributed by atoms with Gasteiger partial charge >= 0.3 is 5.97 Å². The molecule has 0 aromatic carbocycles. The first-order valence-corrected chi connectivity index (χ1v) is 4.05. The van der Waals surface area contributed by atoms with Gasteiger partial charge in [-0.15, -0.1) is 0 Å². The second kappa shape index (κ2) is 6.01. The minimum absolute atomic E-state index is 0.0202. The van der Waals surface area contributed by atoms with Crippen LogP contribution >= 0.6 is 0 Å². The molecule has 13 heavy (non-hydrogen) atoms. The molecule has 0 saturated carbocycles. The molecule has 0 N–H and O–H groups in total. The van der Waals surface area contributed by atoms with E-state index in [1.807, 2.05) is 0 Å². The average molecular weight is 179 g/mol. The lowest BCUT2D eigenvalue weighted by Gasteiger charge is -2.05. The van der Waals surface area contributed by atoms with Crippen molar-refractivity contribution in [1.82, 2.24) is 0 Å². The Morgan fingerprint density at radius 3 is 2.54 bits per heavy atom. The number of ether oxygens (including phenoxy) is 1. The van der Waals surface area contributed by atoms with E-state index in [1.54, 1.807) is 39.0 Å². The van der Waals surface area contributed by atoms with Crippen LogP contribution in [0.1, 0.15) is 20.8 Å². The van der Waals surface area contributed by atoms with Crippen LogP contribution in [0.25, 0.3) is 0 Å². The van der Waals surface area contributed by atoms with Crippen LogP contribution in [0, 0.1) is 11.3 Å². The van der Waals surface area contributed by atoms with Crippen LogP contribution in [0.2, 0.25) is 0 Å². The highest BCUT2D eigenvalue weighted by Crippen LogP contribution is 2.00. The Kier molecular flexibility index (Phi) is 5.29. The Hall–Kier alpha value is -1.56. The van der Waals surface area contributed by atoms with Crippen LogP contribution in [-0.2, 0) is 9.53 Å². The lowest BCUT2D eigenvalue weighted by molar-refractivity contribution is -0.142. The molecule has 0 atom stereocenters. The first-order chi connectivity index (χ1) is 6.11. The summed E-state index contributed by atoms with van der Waals surface area (Å²) in [4.78, 5) is 11.1. The average Bonchev–Trinajstić information content (AvgIpc) is 2.04. The van der Waals surface area contributed by atoms with Crippen molar-refractivity contribution in [2.75, 3.05) is 0 Å². The first-order valence-electron chi connectivity index (χ1n) is 4.05. The number of hydrogen-bond acceptors (Lipinski definition) is 3. The molecule has 0 saturated heterocycles. The third-order valence-electron chi connectivity index (χ3n) is 1.14. The van der Waals surface area contributed by atoms with E-state index in [1.165, 1.54) is 6.08 Å². The van der Waals surface area contributed by atoms with Crippen molar-refractivity contribution in [2.45, 2.75) is 26.9 Å². The summed E-state index contributed by atoms with van der Waals surface area (Å²) in [5.41, 5.74) is 0.0202. The van der Waals surface area contributed by atoms with Crippen molar-refractivity contribution < 1.29 is 9.53 Å². The molecule has 0 unspecified atom stereocenters. The predicted octanol–water partition coefficient (Wildman–Crippen LogP) is 1.96. The largest absolute Gasteiger partial charge is 0.459 e. The summed E-state index contributed by atoms with van der Waals surface area (Å²) in [6, 6.07) is 1.78. The van der Waals surface area contributed by atoms with E-state index in [2.05, 4.69) is 0 Å². The van der Waals surface area contributed by atoms with E-state index in [4.69, 9.17) is 10.00 Å². The van der Waals surface area contributed by atoms with Crippen LogP contribution in [-0.4, -0.2) is 12.1 Å².